The van der Waals surface area contributed by atoms with Gasteiger partial charge in [0.15, 0.2) is 0 Å². The predicted molar refractivity (Wildman–Crippen MR) is 185 cm³/mol. The summed E-state index contributed by atoms with van der Waals surface area (Å²) < 4.78 is 16.7. The van der Waals surface area contributed by atoms with Crippen molar-refractivity contribution >= 4 is 5.78 Å². The number of ketones is 1. The predicted octanol–water partition coefficient (Wildman–Crippen LogP) is 8.26. The number of carbonyl (C=O) groups is 1. The molecule has 4 N–H and O–H groups in total. The van der Waals surface area contributed by atoms with Crippen molar-refractivity contribution in [2.75, 3.05) is 33.0 Å². The summed E-state index contributed by atoms with van der Waals surface area (Å²) in [6.45, 7) is 5.67. The molecule has 3 aliphatic rings. The minimum atomic E-state index is -0.516. The molecule has 1 aliphatic heterocycles. The van der Waals surface area contributed by atoms with E-state index in [4.69, 9.17) is 19.9 Å². The van der Waals surface area contributed by atoms with E-state index >= 15 is 0 Å². The van der Waals surface area contributed by atoms with E-state index in [-0.39, 0.29) is 5.78 Å². The van der Waals surface area contributed by atoms with Crippen molar-refractivity contribution in [2.45, 2.75) is 122 Å². The van der Waals surface area contributed by atoms with E-state index in [0.717, 1.165) is 55.5 Å². The molecule has 2 aliphatic carbocycles. The van der Waals surface area contributed by atoms with Gasteiger partial charge in [-0.1, -0.05) is 62.8 Å². The molecule has 258 valence electrons. The number of aliphatic hydroxyl groups is 2. The van der Waals surface area contributed by atoms with Crippen molar-refractivity contribution in [1.82, 2.24) is 0 Å². The summed E-state index contributed by atoms with van der Waals surface area (Å²) in [5.41, 5.74) is 7.24. The van der Waals surface area contributed by atoms with Gasteiger partial charge in [-0.05, 0) is 118 Å². The highest BCUT2D eigenvalue weighted by Crippen LogP contribution is 2.28. The number of aliphatic hydroxyl groups excluding tert-OH is 2. The van der Waals surface area contributed by atoms with E-state index in [9.17, 15) is 15.0 Å². The Labute approximate surface area is 278 Å². The monoisotopic (exact) mass is 639 g/mol. The Bertz CT molecular complexity index is 1070. The van der Waals surface area contributed by atoms with Crippen molar-refractivity contribution in [3.8, 4) is 11.5 Å². The SMILES string of the molecule is C1CCOC1.CC(=O)CCCC(O)c1cccc(OCC2CCCCC2)c1.NCCC(O)c1cccc(OCC2CCCCC2)c1. The number of ether oxygens (including phenoxy) is 3. The third-order valence-corrected chi connectivity index (χ3v) is 9.18. The molecule has 3 fully saturated rings. The first-order chi connectivity index (χ1) is 22.4. The Kier molecular flexibility index (Phi) is 19.0. The maximum absolute atomic E-state index is 10.9. The second kappa shape index (κ2) is 23.0. The van der Waals surface area contributed by atoms with E-state index in [1.165, 1.54) is 77.0 Å². The fraction of sp³-hybridized carbons (Fsp3) is 0.667. The van der Waals surface area contributed by atoms with Crippen LogP contribution in [0.5, 0.6) is 11.5 Å². The highest BCUT2D eigenvalue weighted by Gasteiger charge is 2.16. The minimum absolute atomic E-state index is 0.178. The molecule has 7 nitrogen and oxygen atoms in total. The molecule has 0 spiro atoms. The Balaban J connectivity index is 0.000000219. The molecule has 2 unspecified atom stereocenters. The zero-order chi connectivity index (χ0) is 32.8. The molecule has 1 saturated heterocycles. The number of hydrogen-bond donors (Lipinski definition) is 3. The smallest absolute Gasteiger partial charge is 0.129 e. The van der Waals surface area contributed by atoms with E-state index in [1.54, 1.807) is 6.92 Å². The maximum atomic E-state index is 10.9. The molecule has 2 atom stereocenters. The van der Waals surface area contributed by atoms with Crippen LogP contribution in [0.15, 0.2) is 48.5 Å². The van der Waals surface area contributed by atoms with Crippen LogP contribution in [0.2, 0.25) is 0 Å². The summed E-state index contributed by atoms with van der Waals surface area (Å²) in [6.07, 6.45) is 17.2. The first-order valence-corrected chi connectivity index (χ1v) is 18.0. The first kappa shape index (κ1) is 38.0. The lowest BCUT2D eigenvalue weighted by atomic mass is 9.90. The standard InChI is InChI=1S/C19H28O3.C16H25NO2.C4H8O/c1-15(20)7-5-12-19(21)17-10-6-11-18(13-17)22-14-16-8-3-2-4-9-16;17-10-9-16(18)14-7-4-8-15(11-14)19-12-13-5-2-1-3-6-13;1-2-4-5-3-1/h6,10-11,13,16,19,21H,2-5,7-9,12,14H2,1H3;4,7-8,11,13,16,18H,1-3,5-6,9-10,12,17H2;1-4H2. The van der Waals surface area contributed by atoms with Gasteiger partial charge in [0.25, 0.3) is 0 Å². The zero-order valence-corrected chi connectivity index (χ0v) is 28.4. The Morgan fingerprint density at radius 1 is 0.761 bits per heavy atom. The molecule has 2 aromatic rings. The van der Waals surface area contributed by atoms with E-state index in [2.05, 4.69) is 0 Å². The van der Waals surface area contributed by atoms with Crippen LogP contribution in [0.1, 0.15) is 133 Å². The number of carbonyl (C=O) groups excluding carboxylic acids is 1. The second-order valence-electron chi connectivity index (χ2n) is 13.3. The second-order valence-corrected chi connectivity index (χ2v) is 13.3. The highest BCUT2D eigenvalue weighted by atomic mass is 16.5. The van der Waals surface area contributed by atoms with Crippen LogP contribution in [0.25, 0.3) is 0 Å². The summed E-state index contributed by atoms with van der Waals surface area (Å²) in [5, 5.41) is 20.1. The molecular weight excluding hydrogens is 578 g/mol. The van der Waals surface area contributed by atoms with Crippen molar-refractivity contribution in [3.05, 3.63) is 59.7 Å². The van der Waals surface area contributed by atoms with Crippen molar-refractivity contribution < 1.29 is 29.2 Å². The number of nitrogens with two attached hydrogens (primary N) is 1. The van der Waals surface area contributed by atoms with Crippen LogP contribution in [-0.2, 0) is 9.53 Å². The minimum Gasteiger partial charge on any atom is -0.493 e. The third-order valence-electron chi connectivity index (χ3n) is 9.18. The summed E-state index contributed by atoms with van der Waals surface area (Å²) in [5.74, 6) is 3.26. The molecule has 0 bridgehead atoms. The summed E-state index contributed by atoms with van der Waals surface area (Å²) in [7, 11) is 0. The molecular formula is C39H61NO6. The van der Waals surface area contributed by atoms with Crippen molar-refractivity contribution in [2.24, 2.45) is 17.6 Å². The number of rotatable bonds is 14. The topological polar surface area (TPSA) is 111 Å². The van der Waals surface area contributed by atoms with Crippen LogP contribution in [-0.4, -0.2) is 49.0 Å². The van der Waals surface area contributed by atoms with E-state index in [0.29, 0.717) is 37.6 Å². The van der Waals surface area contributed by atoms with E-state index < -0.39 is 12.2 Å². The van der Waals surface area contributed by atoms with Crippen LogP contribution in [0.3, 0.4) is 0 Å². The van der Waals surface area contributed by atoms with Gasteiger partial charge in [-0.3, -0.25) is 0 Å². The van der Waals surface area contributed by atoms with Gasteiger partial charge in [0.05, 0.1) is 25.4 Å². The van der Waals surface area contributed by atoms with Crippen LogP contribution < -0.4 is 15.2 Å². The molecule has 0 radical (unpaired) electrons. The largest absolute Gasteiger partial charge is 0.493 e. The summed E-state index contributed by atoms with van der Waals surface area (Å²) >= 11 is 0. The Hall–Kier alpha value is -2.45. The molecule has 0 amide bonds. The lowest BCUT2D eigenvalue weighted by Crippen LogP contribution is -2.15. The average Bonchev–Trinajstić information content (AvgIpc) is 3.69. The van der Waals surface area contributed by atoms with Gasteiger partial charge in [-0.15, -0.1) is 0 Å². The maximum Gasteiger partial charge on any atom is 0.129 e. The van der Waals surface area contributed by atoms with Crippen molar-refractivity contribution in [3.63, 3.8) is 0 Å². The normalized spacial score (nSPS) is 18.3. The van der Waals surface area contributed by atoms with Gasteiger partial charge in [-0.2, -0.15) is 0 Å². The molecule has 2 aromatic carbocycles. The van der Waals surface area contributed by atoms with Crippen LogP contribution in [0, 0.1) is 11.8 Å². The van der Waals surface area contributed by atoms with Gasteiger partial charge >= 0.3 is 0 Å². The number of hydrogen-bond acceptors (Lipinski definition) is 7. The number of Topliss-reactive ketones (excluding diaryl/α,β-unsaturated/α-hetero) is 1. The summed E-state index contributed by atoms with van der Waals surface area (Å²) in [4.78, 5) is 10.9. The average molecular weight is 640 g/mol. The number of benzene rings is 2. The molecule has 2 saturated carbocycles. The van der Waals surface area contributed by atoms with Gasteiger partial charge in [0, 0.05) is 19.6 Å². The zero-order valence-electron chi connectivity index (χ0n) is 28.4. The van der Waals surface area contributed by atoms with Gasteiger partial charge in [0.1, 0.15) is 17.3 Å². The third kappa shape index (κ3) is 15.9. The molecule has 46 heavy (non-hydrogen) atoms. The first-order valence-electron chi connectivity index (χ1n) is 18.0. The molecule has 0 aromatic heterocycles. The summed E-state index contributed by atoms with van der Waals surface area (Å²) in [6, 6.07) is 15.5. The van der Waals surface area contributed by atoms with Gasteiger partial charge in [0.2, 0.25) is 0 Å². The van der Waals surface area contributed by atoms with Crippen LogP contribution in [0.4, 0.5) is 0 Å². The fourth-order valence-corrected chi connectivity index (χ4v) is 6.30. The Morgan fingerprint density at radius 2 is 1.24 bits per heavy atom. The van der Waals surface area contributed by atoms with E-state index in [1.807, 2.05) is 48.5 Å². The lowest BCUT2D eigenvalue weighted by Gasteiger charge is -2.22. The molecule has 5 rings (SSSR count). The van der Waals surface area contributed by atoms with Gasteiger partial charge in [-0.25, -0.2) is 0 Å². The fourth-order valence-electron chi connectivity index (χ4n) is 6.30. The highest BCUT2D eigenvalue weighted by molar-refractivity contribution is 5.75. The Morgan fingerprint density at radius 3 is 1.65 bits per heavy atom. The lowest BCUT2D eigenvalue weighted by molar-refractivity contribution is -0.117. The quantitative estimate of drug-likeness (QED) is 0.191. The van der Waals surface area contributed by atoms with Crippen molar-refractivity contribution in [1.29, 1.82) is 0 Å². The van der Waals surface area contributed by atoms with Gasteiger partial charge < -0.3 is 35.0 Å². The molecule has 7 heteroatoms. The molecule has 1 heterocycles. The van der Waals surface area contributed by atoms with Crippen LogP contribution >= 0.6 is 0 Å².